The highest BCUT2D eigenvalue weighted by atomic mass is 79.9. The third-order valence-electron chi connectivity index (χ3n) is 2.92. The maximum Gasteiger partial charge on any atom is 0.101 e. The molecular weight excluding hydrogens is 288 g/mol. The maximum atomic E-state index is 9.18. The fourth-order valence-corrected chi connectivity index (χ4v) is 2.50. The molecule has 0 spiro atoms. The van der Waals surface area contributed by atoms with Crippen LogP contribution in [0.15, 0.2) is 59.2 Å². The van der Waals surface area contributed by atoms with Crippen LogP contribution < -0.4 is 0 Å². The first kappa shape index (κ1) is 11.1. The summed E-state index contributed by atoms with van der Waals surface area (Å²) in [6.45, 7) is 0. The standard InChI is InChI=1S/C15H9BrN2/c16-12-4-3-5-13(8-12)18-10-11(9-17)14-6-1-2-7-15(14)18/h1-8,10H. The SMILES string of the molecule is N#Cc1cn(-c2cccc(Br)c2)c2ccccc12. The van der Waals surface area contributed by atoms with Crippen molar-refractivity contribution in [2.24, 2.45) is 0 Å². The summed E-state index contributed by atoms with van der Waals surface area (Å²) in [5, 5.41) is 10.2. The molecule has 0 aliphatic heterocycles. The molecule has 0 atom stereocenters. The normalized spacial score (nSPS) is 10.4. The number of aromatic nitrogens is 1. The van der Waals surface area contributed by atoms with Gasteiger partial charge < -0.3 is 4.57 Å². The van der Waals surface area contributed by atoms with Gasteiger partial charge in [-0.25, -0.2) is 0 Å². The first-order valence-corrected chi connectivity index (χ1v) is 6.35. The van der Waals surface area contributed by atoms with E-state index in [2.05, 4.69) is 22.0 Å². The molecule has 0 N–H and O–H groups in total. The minimum atomic E-state index is 0.700. The van der Waals surface area contributed by atoms with Crippen molar-refractivity contribution < 1.29 is 0 Å². The molecule has 0 saturated carbocycles. The lowest BCUT2D eigenvalue weighted by atomic mass is 10.2. The molecule has 3 aromatic rings. The Morgan fingerprint density at radius 3 is 2.67 bits per heavy atom. The molecule has 3 heteroatoms. The molecule has 2 nitrogen and oxygen atoms in total. The molecule has 2 aromatic carbocycles. The molecular formula is C15H9BrN2. The highest BCUT2D eigenvalue weighted by molar-refractivity contribution is 9.10. The van der Waals surface area contributed by atoms with Crippen molar-refractivity contribution in [1.82, 2.24) is 4.57 Å². The van der Waals surface area contributed by atoms with Gasteiger partial charge in [-0.1, -0.05) is 40.2 Å². The van der Waals surface area contributed by atoms with Gasteiger partial charge in [-0.2, -0.15) is 5.26 Å². The van der Waals surface area contributed by atoms with E-state index in [0.29, 0.717) is 5.56 Å². The number of fused-ring (bicyclic) bond motifs is 1. The number of benzene rings is 2. The number of nitrogens with zero attached hydrogens (tertiary/aromatic N) is 2. The second-order valence-electron chi connectivity index (χ2n) is 4.02. The van der Waals surface area contributed by atoms with Crippen molar-refractivity contribution >= 4 is 26.8 Å². The number of nitriles is 1. The Kier molecular flexibility index (Phi) is 2.66. The van der Waals surface area contributed by atoms with E-state index < -0.39 is 0 Å². The summed E-state index contributed by atoms with van der Waals surface area (Å²) in [5.41, 5.74) is 2.79. The molecule has 18 heavy (non-hydrogen) atoms. The Bertz CT molecular complexity index is 766. The van der Waals surface area contributed by atoms with Gasteiger partial charge in [0.2, 0.25) is 0 Å². The second kappa shape index (κ2) is 4.32. The van der Waals surface area contributed by atoms with Gasteiger partial charge in [0, 0.05) is 21.7 Å². The molecule has 0 fully saturated rings. The van der Waals surface area contributed by atoms with Crippen molar-refractivity contribution in [3.63, 3.8) is 0 Å². The smallest absolute Gasteiger partial charge is 0.101 e. The van der Waals surface area contributed by atoms with Gasteiger partial charge >= 0.3 is 0 Å². The lowest BCUT2D eigenvalue weighted by Crippen LogP contribution is -1.90. The fraction of sp³-hybridized carbons (Fsp3) is 0. The summed E-state index contributed by atoms with van der Waals surface area (Å²) < 4.78 is 3.06. The molecule has 1 aromatic heterocycles. The van der Waals surface area contributed by atoms with Crippen molar-refractivity contribution in [3.05, 3.63) is 64.8 Å². The number of rotatable bonds is 1. The Balaban J connectivity index is 2.34. The minimum Gasteiger partial charge on any atom is -0.315 e. The topological polar surface area (TPSA) is 28.7 Å². The van der Waals surface area contributed by atoms with Gasteiger partial charge in [-0.05, 0) is 24.3 Å². The van der Waals surface area contributed by atoms with E-state index in [4.69, 9.17) is 0 Å². The van der Waals surface area contributed by atoms with Crippen LogP contribution in [0.5, 0.6) is 0 Å². The van der Waals surface area contributed by atoms with Gasteiger partial charge in [-0.3, -0.25) is 0 Å². The van der Waals surface area contributed by atoms with Crippen LogP contribution in [0, 0.1) is 11.3 Å². The third-order valence-corrected chi connectivity index (χ3v) is 3.41. The predicted octanol–water partition coefficient (Wildman–Crippen LogP) is 4.26. The molecule has 1 heterocycles. The largest absolute Gasteiger partial charge is 0.315 e. The van der Waals surface area contributed by atoms with Crippen molar-refractivity contribution in [1.29, 1.82) is 5.26 Å². The predicted molar refractivity (Wildman–Crippen MR) is 75.7 cm³/mol. The van der Waals surface area contributed by atoms with Crippen LogP contribution in [0.2, 0.25) is 0 Å². The molecule has 0 saturated heterocycles. The van der Waals surface area contributed by atoms with E-state index in [1.54, 1.807) is 0 Å². The molecule has 86 valence electrons. The Hall–Kier alpha value is -2.05. The summed E-state index contributed by atoms with van der Waals surface area (Å²) >= 11 is 3.47. The summed E-state index contributed by atoms with van der Waals surface area (Å²) in [7, 11) is 0. The maximum absolute atomic E-state index is 9.18. The summed E-state index contributed by atoms with van der Waals surface area (Å²) in [6, 6.07) is 18.2. The average Bonchev–Trinajstić information content (AvgIpc) is 2.77. The first-order chi connectivity index (χ1) is 8.79. The van der Waals surface area contributed by atoms with Crippen molar-refractivity contribution in [2.75, 3.05) is 0 Å². The minimum absolute atomic E-state index is 0.700. The summed E-state index contributed by atoms with van der Waals surface area (Å²) in [4.78, 5) is 0. The zero-order chi connectivity index (χ0) is 12.5. The van der Waals surface area contributed by atoms with Crippen LogP contribution in [0.3, 0.4) is 0 Å². The van der Waals surface area contributed by atoms with Crippen LogP contribution in [0.25, 0.3) is 16.6 Å². The molecule has 0 aliphatic rings. The second-order valence-corrected chi connectivity index (χ2v) is 4.94. The van der Waals surface area contributed by atoms with E-state index >= 15 is 0 Å². The van der Waals surface area contributed by atoms with E-state index in [9.17, 15) is 5.26 Å². The Morgan fingerprint density at radius 2 is 1.89 bits per heavy atom. The Labute approximate surface area is 113 Å². The van der Waals surface area contributed by atoms with Crippen LogP contribution in [-0.4, -0.2) is 4.57 Å². The van der Waals surface area contributed by atoms with Crippen LogP contribution in [-0.2, 0) is 0 Å². The third kappa shape index (κ3) is 1.71. The Morgan fingerprint density at radius 1 is 1.06 bits per heavy atom. The van der Waals surface area contributed by atoms with Gasteiger partial charge in [0.25, 0.3) is 0 Å². The number of hydrogen-bond donors (Lipinski definition) is 0. The van der Waals surface area contributed by atoms with Crippen molar-refractivity contribution in [3.8, 4) is 11.8 Å². The lowest BCUT2D eigenvalue weighted by molar-refractivity contribution is 1.12. The average molecular weight is 297 g/mol. The number of para-hydroxylation sites is 1. The van der Waals surface area contributed by atoms with Crippen LogP contribution in [0.4, 0.5) is 0 Å². The van der Waals surface area contributed by atoms with Gasteiger partial charge in [0.1, 0.15) is 6.07 Å². The fourth-order valence-electron chi connectivity index (χ4n) is 2.11. The quantitative estimate of drug-likeness (QED) is 0.659. The summed E-state index contributed by atoms with van der Waals surface area (Å²) in [6.07, 6.45) is 1.88. The molecule has 0 aliphatic carbocycles. The molecule has 0 unspecified atom stereocenters. The number of hydrogen-bond acceptors (Lipinski definition) is 1. The van der Waals surface area contributed by atoms with Gasteiger partial charge in [0.15, 0.2) is 0 Å². The van der Waals surface area contributed by atoms with Crippen molar-refractivity contribution in [2.45, 2.75) is 0 Å². The first-order valence-electron chi connectivity index (χ1n) is 5.56. The molecule has 0 amide bonds. The molecule has 0 bridgehead atoms. The molecule has 0 radical (unpaired) electrons. The lowest BCUT2D eigenvalue weighted by Gasteiger charge is -2.05. The highest BCUT2D eigenvalue weighted by Crippen LogP contribution is 2.25. The molecule has 3 rings (SSSR count). The zero-order valence-electron chi connectivity index (χ0n) is 9.47. The van der Waals surface area contributed by atoms with E-state index in [1.165, 1.54) is 0 Å². The van der Waals surface area contributed by atoms with E-state index in [1.807, 2.05) is 59.3 Å². The van der Waals surface area contributed by atoms with Gasteiger partial charge in [0.05, 0.1) is 11.1 Å². The highest BCUT2D eigenvalue weighted by Gasteiger charge is 2.08. The van der Waals surface area contributed by atoms with Gasteiger partial charge in [-0.15, -0.1) is 0 Å². The summed E-state index contributed by atoms with van der Waals surface area (Å²) in [5.74, 6) is 0. The number of halogens is 1. The van der Waals surface area contributed by atoms with E-state index in [-0.39, 0.29) is 0 Å². The van der Waals surface area contributed by atoms with Crippen LogP contribution in [0.1, 0.15) is 5.56 Å². The van der Waals surface area contributed by atoms with E-state index in [0.717, 1.165) is 21.1 Å². The monoisotopic (exact) mass is 296 g/mol. The van der Waals surface area contributed by atoms with Crippen LogP contribution >= 0.6 is 15.9 Å². The zero-order valence-corrected chi connectivity index (χ0v) is 11.1.